The molecule has 1 aromatic heterocycles. The van der Waals surface area contributed by atoms with Crippen molar-refractivity contribution in [3.05, 3.63) is 71.2 Å². The van der Waals surface area contributed by atoms with Gasteiger partial charge in [0.2, 0.25) is 15.9 Å². The van der Waals surface area contributed by atoms with Gasteiger partial charge in [-0.1, -0.05) is 12.1 Å². The molecule has 1 aliphatic heterocycles. The third-order valence-corrected chi connectivity index (χ3v) is 8.08. The molecule has 1 amide bonds. The molecule has 190 valence electrons. The fraction of sp³-hybridized carbons (Fsp3) is 0.346. The van der Waals surface area contributed by atoms with E-state index in [4.69, 9.17) is 9.72 Å². The lowest BCUT2D eigenvalue weighted by atomic mass is 10.0. The molecule has 1 fully saturated rings. The maximum absolute atomic E-state index is 13.2. The number of anilines is 2. The summed E-state index contributed by atoms with van der Waals surface area (Å²) in [6.45, 7) is 6.99. The highest BCUT2D eigenvalue weighted by molar-refractivity contribution is 7.89. The summed E-state index contributed by atoms with van der Waals surface area (Å²) < 4.78 is 33.3. The molecule has 2 aromatic carbocycles. The van der Waals surface area contributed by atoms with Gasteiger partial charge in [-0.2, -0.15) is 4.31 Å². The first kappa shape index (κ1) is 25.6. The van der Waals surface area contributed by atoms with Gasteiger partial charge in [0.1, 0.15) is 17.4 Å². The maximum atomic E-state index is 13.2. The Morgan fingerprint density at radius 1 is 1.03 bits per heavy atom. The minimum absolute atomic E-state index is 0.206. The molecule has 1 aliphatic rings. The van der Waals surface area contributed by atoms with Crippen molar-refractivity contribution in [3.63, 3.8) is 0 Å². The van der Waals surface area contributed by atoms with Gasteiger partial charge in [-0.3, -0.25) is 4.79 Å². The molecule has 2 heterocycles. The Balaban J connectivity index is 1.52. The predicted molar refractivity (Wildman–Crippen MR) is 139 cm³/mol. The molecule has 0 saturated carbocycles. The van der Waals surface area contributed by atoms with Crippen LogP contribution in [0.5, 0.6) is 5.75 Å². The van der Waals surface area contributed by atoms with E-state index in [9.17, 15) is 13.2 Å². The minimum Gasteiger partial charge on any atom is -0.497 e. The van der Waals surface area contributed by atoms with Crippen LogP contribution in [0.1, 0.15) is 29.6 Å². The van der Waals surface area contributed by atoms with Gasteiger partial charge in [-0.05, 0) is 55.8 Å². The monoisotopic (exact) mass is 509 g/mol. The van der Waals surface area contributed by atoms with Crippen molar-refractivity contribution in [3.8, 4) is 5.75 Å². The van der Waals surface area contributed by atoms with Crippen molar-refractivity contribution in [1.82, 2.24) is 14.3 Å². The second kappa shape index (κ2) is 10.6. The van der Waals surface area contributed by atoms with E-state index in [1.807, 2.05) is 38.1 Å². The molecule has 0 atom stereocenters. The highest BCUT2D eigenvalue weighted by Crippen LogP contribution is 2.27. The van der Waals surface area contributed by atoms with Crippen LogP contribution in [0.3, 0.4) is 0 Å². The van der Waals surface area contributed by atoms with Crippen LogP contribution in [-0.4, -0.2) is 61.9 Å². The Hall–Kier alpha value is -3.50. The first-order valence-corrected chi connectivity index (χ1v) is 13.2. The van der Waals surface area contributed by atoms with Crippen LogP contribution in [0, 0.1) is 13.8 Å². The number of aryl methyl sites for hydroxylation is 2. The second-order valence-electron chi connectivity index (χ2n) is 8.78. The van der Waals surface area contributed by atoms with E-state index in [2.05, 4.69) is 15.2 Å². The SMILES string of the molecule is COc1cccc(Cc2c(C)nc(C)nc2N2CCN(S(=O)(=O)c3ccc(NC(C)=O)cc3)CC2)c1. The fourth-order valence-corrected chi connectivity index (χ4v) is 5.80. The Morgan fingerprint density at radius 2 is 1.72 bits per heavy atom. The molecular formula is C26H31N5O4S. The van der Waals surface area contributed by atoms with Crippen molar-refractivity contribution in [2.45, 2.75) is 32.1 Å². The summed E-state index contributed by atoms with van der Waals surface area (Å²) in [7, 11) is -2.00. The molecule has 1 saturated heterocycles. The molecule has 9 nitrogen and oxygen atoms in total. The summed E-state index contributed by atoms with van der Waals surface area (Å²) in [5.74, 6) is 2.12. The van der Waals surface area contributed by atoms with Crippen LogP contribution in [0.25, 0.3) is 0 Å². The Morgan fingerprint density at radius 3 is 2.36 bits per heavy atom. The predicted octanol–water partition coefficient (Wildman–Crippen LogP) is 3.16. The average molecular weight is 510 g/mol. The standard InChI is InChI=1S/C26H31N5O4S/c1-18-25(17-21-6-5-7-23(16-21)35-4)26(28-19(2)27-18)30-12-14-31(15-13-30)36(33,34)24-10-8-22(9-11-24)29-20(3)32/h5-11,16H,12-15,17H2,1-4H3,(H,29,32). The lowest BCUT2D eigenvalue weighted by Crippen LogP contribution is -2.49. The third kappa shape index (κ3) is 5.66. The molecule has 3 aromatic rings. The molecule has 4 rings (SSSR count). The molecule has 0 unspecified atom stereocenters. The zero-order chi connectivity index (χ0) is 25.9. The summed E-state index contributed by atoms with van der Waals surface area (Å²) in [5, 5.41) is 2.65. The third-order valence-electron chi connectivity index (χ3n) is 6.17. The van der Waals surface area contributed by atoms with E-state index < -0.39 is 10.0 Å². The zero-order valence-electron chi connectivity index (χ0n) is 21.0. The van der Waals surface area contributed by atoms with Crippen LogP contribution >= 0.6 is 0 Å². The number of ether oxygens (including phenoxy) is 1. The van der Waals surface area contributed by atoms with Crippen LogP contribution in [0.4, 0.5) is 11.5 Å². The summed E-state index contributed by atoms with van der Waals surface area (Å²) in [6.07, 6.45) is 0.651. The smallest absolute Gasteiger partial charge is 0.243 e. The van der Waals surface area contributed by atoms with Gasteiger partial charge in [0.15, 0.2) is 0 Å². The number of carbonyl (C=O) groups excluding carboxylic acids is 1. The number of carbonyl (C=O) groups is 1. The number of piperazine rings is 1. The number of sulfonamides is 1. The molecule has 0 bridgehead atoms. The topological polar surface area (TPSA) is 105 Å². The number of nitrogens with zero attached hydrogens (tertiary/aromatic N) is 4. The first-order chi connectivity index (χ1) is 17.2. The molecule has 0 radical (unpaired) electrons. The van der Waals surface area contributed by atoms with Gasteiger partial charge in [0, 0.05) is 56.5 Å². The summed E-state index contributed by atoms with van der Waals surface area (Å²) in [4.78, 5) is 22.9. The lowest BCUT2D eigenvalue weighted by Gasteiger charge is -2.36. The first-order valence-electron chi connectivity index (χ1n) is 11.8. The van der Waals surface area contributed by atoms with E-state index in [1.54, 1.807) is 19.2 Å². The number of methoxy groups -OCH3 is 1. The van der Waals surface area contributed by atoms with E-state index in [0.29, 0.717) is 44.1 Å². The molecule has 0 spiro atoms. The largest absolute Gasteiger partial charge is 0.497 e. The van der Waals surface area contributed by atoms with Crippen LogP contribution in [0.2, 0.25) is 0 Å². The second-order valence-corrected chi connectivity index (χ2v) is 10.7. The number of amides is 1. The Bertz CT molecular complexity index is 1350. The maximum Gasteiger partial charge on any atom is 0.243 e. The lowest BCUT2D eigenvalue weighted by molar-refractivity contribution is -0.114. The molecular weight excluding hydrogens is 478 g/mol. The summed E-state index contributed by atoms with van der Waals surface area (Å²) in [6, 6.07) is 14.2. The van der Waals surface area contributed by atoms with E-state index in [1.165, 1.54) is 23.4 Å². The van der Waals surface area contributed by atoms with E-state index >= 15 is 0 Å². The van der Waals surface area contributed by atoms with Gasteiger partial charge >= 0.3 is 0 Å². The van der Waals surface area contributed by atoms with Crippen molar-refractivity contribution in [1.29, 1.82) is 0 Å². The van der Waals surface area contributed by atoms with Gasteiger partial charge in [-0.15, -0.1) is 0 Å². The number of hydrogen-bond acceptors (Lipinski definition) is 7. The summed E-state index contributed by atoms with van der Waals surface area (Å²) >= 11 is 0. The highest BCUT2D eigenvalue weighted by Gasteiger charge is 2.30. The fourth-order valence-electron chi connectivity index (χ4n) is 4.38. The molecule has 10 heteroatoms. The van der Waals surface area contributed by atoms with E-state index in [-0.39, 0.29) is 10.8 Å². The molecule has 1 N–H and O–H groups in total. The van der Waals surface area contributed by atoms with Gasteiger partial charge < -0.3 is 15.0 Å². The number of nitrogens with one attached hydrogen (secondary N) is 1. The van der Waals surface area contributed by atoms with Gasteiger partial charge in [-0.25, -0.2) is 18.4 Å². The number of hydrogen-bond donors (Lipinski definition) is 1. The van der Waals surface area contributed by atoms with Crippen molar-refractivity contribution in [2.24, 2.45) is 0 Å². The Kier molecular flexibility index (Phi) is 7.56. The van der Waals surface area contributed by atoms with Crippen molar-refractivity contribution < 1.29 is 17.9 Å². The normalized spacial score (nSPS) is 14.5. The zero-order valence-corrected chi connectivity index (χ0v) is 21.8. The summed E-state index contributed by atoms with van der Waals surface area (Å²) in [5.41, 5.74) is 3.59. The van der Waals surface area contributed by atoms with Crippen molar-refractivity contribution in [2.75, 3.05) is 43.5 Å². The minimum atomic E-state index is -3.65. The van der Waals surface area contributed by atoms with Gasteiger partial charge in [0.25, 0.3) is 0 Å². The van der Waals surface area contributed by atoms with Gasteiger partial charge in [0.05, 0.1) is 12.0 Å². The van der Waals surface area contributed by atoms with E-state index in [0.717, 1.165) is 28.4 Å². The average Bonchev–Trinajstić information content (AvgIpc) is 2.85. The molecule has 0 aliphatic carbocycles. The quantitative estimate of drug-likeness (QED) is 0.522. The molecule has 36 heavy (non-hydrogen) atoms. The highest BCUT2D eigenvalue weighted by atomic mass is 32.2. The number of benzene rings is 2. The van der Waals surface area contributed by atoms with Crippen LogP contribution in [0.15, 0.2) is 53.4 Å². The van der Waals surface area contributed by atoms with Crippen LogP contribution in [-0.2, 0) is 21.2 Å². The van der Waals surface area contributed by atoms with Crippen molar-refractivity contribution >= 4 is 27.4 Å². The number of rotatable bonds is 7. The Labute approximate surface area is 212 Å². The number of aromatic nitrogens is 2. The van der Waals surface area contributed by atoms with Crippen LogP contribution < -0.4 is 15.0 Å².